The summed E-state index contributed by atoms with van der Waals surface area (Å²) < 4.78 is 0. The molecule has 0 aromatic heterocycles. The first-order valence-corrected chi connectivity index (χ1v) is 7.72. The van der Waals surface area contributed by atoms with Crippen molar-refractivity contribution >= 4 is 0 Å². The lowest BCUT2D eigenvalue weighted by atomic mass is 9.96. The van der Waals surface area contributed by atoms with Gasteiger partial charge < -0.3 is 0 Å². The van der Waals surface area contributed by atoms with Crippen molar-refractivity contribution in [3.63, 3.8) is 0 Å². The van der Waals surface area contributed by atoms with Crippen LogP contribution in [-0.4, -0.2) is 11.1 Å². The van der Waals surface area contributed by atoms with Gasteiger partial charge in [-0.2, -0.15) is 20.8 Å². The van der Waals surface area contributed by atoms with Crippen LogP contribution in [0.15, 0.2) is 10.2 Å². The predicted octanol–water partition coefficient (Wildman–Crippen LogP) is 5.16. The van der Waals surface area contributed by atoms with Crippen LogP contribution in [-0.2, 0) is 0 Å². The van der Waals surface area contributed by atoms with Crippen LogP contribution in [0.25, 0.3) is 0 Å². The van der Waals surface area contributed by atoms with E-state index in [0.29, 0.717) is 12.8 Å². The standard InChI is InChI=1S/C16H28N4/c1-5-7-9-10-12-16(4,14-18)20-19-15(3,13-17)11-8-6-2/h5-12H2,1-4H3. The second-order valence-corrected chi connectivity index (χ2v) is 5.89. The number of hydrogen-bond acceptors (Lipinski definition) is 4. The molecular formula is C16H28N4. The Bertz CT molecular complexity index is 377. The van der Waals surface area contributed by atoms with Gasteiger partial charge in [0.1, 0.15) is 0 Å². The minimum atomic E-state index is -0.794. The molecule has 0 spiro atoms. The summed E-state index contributed by atoms with van der Waals surface area (Å²) in [6.45, 7) is 7.85. The minimum absolute atomic E-state index is 0.695. The highest BCUT2D eigenvalue weighted by molar-refractivity contribution is 5.07. The Morgan fingerprint density at radius 1 is 0.750 bits per heavy atom. The minimum Gasteiger partial charge on any atom is -0.196 e. The van der Waals surface area contributed by atoms with Crippen LogP contribution in [0.1, 0.15) is 79.1 Å². The molecule has 0 aromatic carbocycles. The van der Waals surface area contributed by atoms with Crippen LogP contribution in [0.3, 0.4) is 0 Å². The van der Waals surface area contributed by atoms with E-state index in [9.17, 15) is 10.5 Å². The number of hydrogen-bond donors (Lipinski definition) is 0. The molecule has 2 unspecified atom stereocenters. The maximum Gasteiger partial charge on any atom is 0.164 e. The second kappa shape index (κ2) is 9.48. The molecule has 0 amide bonds. The SMILES string of the molecule is CCCCCCC(C)(C#N)N=NC(C)(C#N)CCCC. The van der Waals surface area contributed by atoms with Crippen LogP contribution >= 0.6 is 0 Å². The van der Waals surface area contributed by atoms with E-state index < -0.39 is 11.1 Å². The summed E-state index contributed by atoms with van der Waals surface area (Å²) in [6.07, 6.45) is 7.84. The fraction of sp³-hybridized carbons (Fsp3) is 0.875. The Kier molecular flexibility index (Phi) is 8.81. The maximum absolute atomic E-state index is 9.30. The lowest BCUT2D eigenvalue weighted by molar-refractivity contribution is 0.429. The van der Waals surface area contributed by atoms with Crippen molar-refractivity contribution in [2.75, 3.05) is 0 Å². The zero-order chi connectivity index (χ0) is 15.5. The number of unbranched alkanes of at least 4 members (excludes halogenated alkanes) is 4. The second-order valence-electron chi connectivity index (χ2n) is 5.89. The molecule has 0 aliphatic heterocycles. The topological polar surface area (TPSA) is 72.3 Å². The third-order valence-corrected chi connectivity index (χ3v) is 3.51. The van der Waals surface area contributed by atoms with E-state index in [0.717, 1.165) is 25.7 Å². The third-order valence-electron chi connectivity index (χ3n) is 3.51. The van der Waals surface area contributed by atoms with Gasteiger partial charge in [-0.3, -0.25) is 0 Å². The first-order chi connectivity index (χ1) is 9.45. The zero-order valence-corrected chi connectivity index (χ0v) is 13.4. The number of rotatable bonds is 10. The van der Waals surface area contributed by atoms with Gasteiger partial charge >= 0.3 is 0 Å². The molecule has 0 rings (SSSR count). The molecule has 4 heteroatoms. The van der Waals surface area contributed by atoms with Crippen molar-refractivity contribution in [2.45, 2.75) is 90.1 Å². The zero-order valence-electron chi connectivity index (χ0n) is 13.4. The molecule has 0 aliphatic carbocycles. The van der Waals surface area contributed by atoms with Gasteiger partial charge in [0, 0.05) is 0 Å². The fourth-order valence-corrected chi connectivity index (χ4v) is 1.89. The van der Waals surface area contributed by atoms with Gasteiger partial charge in [0.15, 0.2) is 11.1 Å². The van der Waals surface area contributed by atoms with Gasteiger partial charge in [-0.1, -0.05) is 46.0 Å². The first kappa shape index (κ1) is 18.6. The normalized spacial score (nSPS) is 17.1. The largest absolute Gasteiger partial charge is 0.196 e. The summed E-state index contributed by atoms with van der Waals surface area (Å²) in [4.78, 5) is 0. The molecule has 0 aromatic rings. The highest BCUT2D eigenvalue weighted by Gasteiger charge is 2.27. The Balaban J connectivity index is 4.62. The molecule has 2 atom stereocenters. The molecule has 112 valence electrons. The Morgan fingerprint density at radius 2 is 1.20 bits per heavy atom. The number of nitriles is 2. The van der Waals surface area contributed by atoms with Crippen molar-refractivity contribution in [2.24, 2.45) is 10.2 Å². The summed E-state index contributed by atoms with van der Waals surface area (Å²) in [5, 5.41) is 26.9. The van der Waals surface area contributed by atoms with Gasteiger partial charge in [-0.15, -0.1) is 0 Å². The van der Waals surface area contributed by atoms with E-state index >= 15 is 0 Å². The smallest absolute Gasteiger partial charge is 0.164 e. The lowest BCUT2D eigenvalue weighted by Crippen LogP contribution is -2.23. The lowest BCUT2D eigenvalue weighted by Gasteiger charge is -2.19. The summed E-state index contributed by atoms with van der Waals surface area (Å²) in [5.41, 5.74) is -1.59. The quantitative estimate of drug-likeness (QED) is 0.408. The van der Waals surface area contributed by atoms with Crippen molar-refractivity contribution in [1.82, 2.24) is 0 Å². The van der Waals surface area contributed by atoms with Crippen LogP contribution in [0.4, 0.5) is 0 Å². The molecule has 0 saturated heterocycles. The van der Waals surface area contributed by atoms with E-state index in [1.807, 2.05) is 0 Å². The molecule has 0 N–H and O–H groups in total. The van der Waals surface area contributed by atoms with Crippen LogP contribution in [0, 0.1) is 22.7 Å². The van der Waals surface area contributed by atoms with E-state index in [-0.39, 0.29) is 0 Å². The molecule has 0 heterocycles. The Labute approximate surface area is 123 Å². The number of nitrogens with zero attached hydrogens (tertiary/aromatic N) is 4. The highest BCUT2D eigenvalue weighted by atomic mass is 15.2. The molecule has 0 aliphatic rings. The average molecular weight is 276 g/mol. The maximum atomic E-state index is 9.30. The average Bonchev–Trinajstić information content (AvgIpc) is 2.47. The summed E-state index contributed by atoms with van der Waals surface area (Å²) in [6, 6.07) is 4.45. The molecule has 0 fully saturated rings. The molecule has 0 bridgehead atoms. The molecular weight excluding hydrogens is 248 g/mol. The Morgan fingerprint density at radius 3 is 1.60 bits per heavy atom. The number of azo groups is 1. The van der Waals surface area contributed by atoms with Crippen molar-refractivity contribution < 1.29 is 0 Å². The van der Waals surface area contributed by atoms with Gasteiger partial charge in [0.05, 0.1) is 12.1 Å². The van der Waals surface area contributed by atoms with Crippen LogP contribution in [0.2, 0.25) is 0 Å². The molecule has 20 heavy (non-hydrogen) atoms. The molecule has 0 saturated carbocycles. The van der Waals surface area contributed by atoms with E-state index in [2.05, 4.69) is 36.2 Å². The first-order valence-electron chi connectivity index (χ1n) is 7.72. The highest BCUT2D eigenvalue weighted by Crippen LogP contribution is 2.24. The van der Waals surface area contributed by atoms with Crippen molar-refractivity contribution in [1.29, 1.82) is 10.5 Å². The van der Waals surface area contributed by atoms with Crippen molar-refractivity contribution in [3.05, 3.63) is 0 Å². The van der Waals surface area contributed by atoms with Gasteiger partial charge in [-0.05, 0) is 33.1 Å². The van der Waals surface area contributed by atoms with Crippen LogP contribution in [0.5, 0.6) is 0 Å². The molecule has 4 nitrogen and oxygen atoms in total. The van der Waals surface area contributed by atoms with Gasteiger partial charge in [0.2, 0.25) is 0 Å². The van der Waals surface area contributed by atoms with Crippen molar-refractivity contribution in [3.8, 4) is 12.1 Å². The molecule has 0 radical (unpaired) electrons. The predicted molar refractivity (Wildman–Crippen MR) is 81.2 cm³/mol. The summed E-state index contributed by atoms with van der Waals surface area (Å²) >= 11 is 0. The summed E-state index contributed by atoms with van der Waals surface area (Å²) in [7, 11) is 0. The monoisotopic (exact) mass is 276 g/mol. The van der Waals surface area contributed by atoms with E-state index in [4.69, 9.17) is 0 Å². The van der Waals surface area contributed by atoms with Gasteiger partial charge in [-0.25, -0.2) is 0 Å². The fourth-order valence-electron chi connectivity index (χ4n) is 1.89. The van der Waals surface area contributed by atoms with E-state index in [1.165, 1.54) is 12.8 Å². The summed E-state index contributed by atoms with van der Waals surface area (Å²) in [5.74, 6) is 0. The van der Waals surface area contributed by atoms with Crippen LogP contribution < -0.4 is 0 Å². The van der Waals surface area contributed by atoms with Gasteiger partial charge in [0.25, 0.3) is 0 Å². The Hall–Kier alpha value is -1.42. The third kappa shape index (κ3) is 7.24. The van der Waals surface area contributed by atoms with E-state index in [1.54, 1.807) is 13.8 Å².